The van der Waals surface area contributed by atoms with Gasteiger partial charge in [0, 0.05) is 5.69 Å². The van der Waals surface area contributed by atoms with Crippen LogP contribution < -0.4 is 15.4 Å². The molecule has 0 radical (unpaired) electrons. The van der Waals surface area contributed by atoms with Crippen molar-refractivity contribution >= 4 is 39.0 Å². The van der Waals surface area contributed by atoms with Crippen LogP contribution >= 0.6 is 11.6 Å². The van der Waals surface area contributed by atoms with E-state index in [0.717, 1.165) is 5.56 Å². The van der Waals surface area contributed by atoms with Crippen LogP contribution in [0.25, 0.3) is 0 Å². The van der Waals surface area contributed by atoms with Crippen molar-refractivity contribution in [3.63, 3.8) is 0 Å². The molecule has 0 unspecified atom stereocenters. The van der Waals surface area contributed by atoms with Crippen molar-refractivity contribution in [2.24, 2.45) is 4.40 Å². The number of halogens is 1. The molecule has 1 heterocycles. The molecule has 4 rings (SSSR count). The van der Waals surface area contributed by atoms with Crippen LogP contribution in [0.3, 0.4) is 0 Å². The van der Waals surface area contributed by atoms with E-state index in [0.29, 0.717) is 27.9 Å². The molecular weight excluding hydrogens is 398 g/mol. The molecule has 6 nitrogen and oxygen atoms in total. The predicted octanol–water partition coefficient (Wildman–Crippen LogP) is 5.02. The minimum absolute atomic E-state index is 0.0338. The Hall–Kier alpha value is -3.03. The quantitative estimate of drug-likeness (QED) is 0.630. The first-order chi connectivity index (χ1) is 13.4. The van der Waals surface area contributed by atoms with Gasteiger partial charge in [0.05, 0.1) is 5.02 Å². The van der Waals surface area contributed by atoms with E-state index < -0.39 is 10.0 Å². The second-order valence-corrected chi connectivity index (χ2v) is 8.17. The Morgan fingerprint density at radius 2 is 1.68 bits per heavy atom. The smallest absolute Gasteiger partial charge is 0.287 e. The van der Waals surface area contributed by atoms with E-state index in [2.05, 4.69) is 15.0 Å². The number of rotatable bonds is 3. The summed E-state index contributed by atoms with van der Waals surface area (Å²) in [5.74, 6) is 0.839. The van der Waals surface area contributed by atoms with Crippen molar-refractivity contribution in [2.45, 2.75) is 11.8 Å². The van der Waals surface area contributed by atoms with Gasteiger partial charge >= 0.3 is 0 Å². The highest BCUT2D eigenvalue weighted by Gasteiger charge is 2.28. The zero-order valence-corrected chi connectivity index (χ0v) is 16.4. The molecule has 142 valence electrons. The molecule has 8 heteroatoms. The number of sulfonamides is 1. The molecule has 1 aliphatic heterocycles. The Bertz CT molecular complexity index is 1180. The lowest BCUT2D eigenvalue weighted by molar-refractivity contribution is 0.483. The number of nitrogens with zero attached hydrogens (tertiary/aromatic N) is 1. The molecule has 0 saturated heterocycles. The van der Waals surface area contributed by atoms with Gasteiger partial charge in [-0.15, -0.1) is 4.40 Å². The predicted molar refractivity (Wildman–Crippen MR) is 111 cm³/mol. The van der Waals surface area contributed by atoms with Gasteiger partial charge in [-0.1, -0.05) is 47.5 Å². The largest absolute Gasteiger partial charge is 0.454 e. The first kappa shape index (κ1) is 18.3. The maximum Gasteiger partial charge on any atom is 0.287 e. The number of benzene rings is 3. The van der Waals surface area contributed by atoms with E-state index in [9.17, 15) is 8.42 Å². The number of nitrogens with one attached hydrogen (secondary N) is 2. The number of anilines is 2. The highest BCUT2D eigenvalue weighted by atomic mass is 35.5. The van der Waals surface area contributed by atoms with Crippen molar-refractivity contribution < 1.29 is 13.2 Å². The Kier molecular flexibility index (Phi) is 4.70. The second-order valence-electron chi connectivity index (χ2n) is 6.19. The van der Waals surface area contributed by atoms with E-state index in [1.807, 2.05) is 31.2 Å². The molecule has 0 aliphatic carbocycles. The van der Waals surface area contributed by atoms with Crippen molar-refractivity contribution in [3.05, 3.63) is 77.3 Å². The molecule has 28 heavy (non-hydrogen) atoms. The minimum atomic E-state index is -3.89. The van der Waals surface area contributed by atoms with Crippen LogP contribution in [0.4, 0.5) is 11.4 Å². The summed E-state index contributed by atoms with van der Waals surface area (Å²) in [4.78, 5) is 0.0338. The monoisotopic (exact) mass is 413 g/mol. The summed E-state index contributed by atoms with van der Waals surface area (Å²) < 4.78 is 35.0. The Morgan fingerprint density at radius 3 is 2.43 bits per heavy atom. The molecule has 1 aliphatic rings. The molecule has 3 aromatic carbocycles. The third-order valence-corrected chi connectivity index (χ3v) is 5.72. The van der Waals surface area contributed by atoms with Crippen molar-refractivity contribution in [1.82, 2.24) is 0 Å². The first-order valence-corrected chi connectivity index (χ1v) is 10.3. The lowest BCUT2D eigenvalue weighted by Gasteiger charge is -2.21. The molecule has 2 N–H and O–H groups in total. The van der Waals surface area contributed by atoms with E-state index in [1.165, 1.54) is 6.07 Å². The van der Waals surface area contributed by atoms with Gasteiger partial charge < -0.3 is 15.4 Å². The zero-order chi connectivity index (χ0) is 19.7. The fourth-order valence-corrected chi connectivity index (χ4v) is 3.98. The number of fused-ring (bicyclic) bond motifs is 1. The fourth-order valence-electron chi connectivity index (χ4n) is 2.72. The maximum absolute atomic E-state index is 12.7. The van der Waals surface area contributed by atoms with E-state index in [4.69, 9.17) is 16.3 Å². The SMILES string of the molecule is Cc1ccc(NC2=NS(=O)(=O)c3cccc(Oc4ccccc4Cl)c3N2)cc1. The fraction of sp³-hybridized carbons (Fsp3) is 0.0500. The lowest BCUT2D eigenvalue weighted by Crippen LogP contribution is -2.28. The van der Waals surface area contributed by atoms with Crippen LogP contribution in [0.2, 0.25) is 5.02 Å². The van der Waals surface area contributed by atoms with E-state index in [1.54, 1.807) is 36.4 Å². The van der Waals surface area contributed by atoms with Crippen LogP contribution in [0.15, 0.2) is 76.0 Å². The number of guanidine groups is 1. The first-order valence-electron chi connectivity index (χ1n) is 8.43. The van der Waals surface area contributed by atoms with Crippen LogP contribution in [0.1, 0.15) is 5.56 Å². The maximum atomic E-state index is 12.7. The molecular formula is C20H16ClN3O3S. The van der Waals surface area contributed by atoms with E-state index >= 15 is 0 Å². The molecule has 3 aromatic rings. The van der Waals surface area contributed by atoms with Gasteiger partial charge in [0.25, 0.3) is 10.0 Å². The Morgan fingerprint density at radius 1 is 0.964 bits per heavy atom. The van der Waals surface area contributed by atoms with Crippen LogP contribution in [0, 0.1) is 6.92 Å². The lowest BCUT2D eigenvalue weighted by atomic mass is 10.2. The summed E-state index contributed by atoms with van der Waals surface area (Å²) in [7, 11) is -3.89. The Labute approximate surface area is 167 Å². The van der Waals surface area contributed by atoms with Gasteiger partial charge in [-0.3, -0.25) is 0 Å². The second kappa shape index (κ2) is 7.18. The van der Waals surface area contributed by atoms with Gasteiger partial charge in [0.15, 0.2) is 5.75 Å². The van der Waals surface area contributed by atoms with Crippen molar-refractivity contribution in [2.75, 3.05) is 10.6 Å². The molecule has 0 amide bonds. The number of hydrogen-bond acceptors (Lipinski definition) is 5. The zero-order valence-electron chi connectivity index (χ0n) is 14.8. The van der Waals surface area contributed by atoms with Crippen LogP contribution in [-0.2, 0) is 10.0 Å². The minimum Gasteiger partial charge on any atom is -0.454 e. The summed E-state index contributed by atoms with van der Waals surface area (Å²) in [5.41, 5.74) is 2.10. The number of aryl methyl sites for hydroxylation is 1. The molecule has 0 bridgehead atoms. The van der Waals surface area contributed by atoms with Gasteiger partial charge in [-0.25, -0.2) is 0 Å². The standard InChI is InChI=1S/C20H16ClN3O3S/c1-13-9-11-14(12-10-13)22-20-23-19-17(27-16-6-3-2-5-15(16)21)7-4-8-18(19)28(25,26)24-20/h2-12H,1H3,(H2,22,23,24). The van der Waals surface area contributed by atoms with Crippen molar-refractivity contribution in [3.8, 4) is 11.5 Å². The normalized spacial score (nSPS) is 14.4. The van der Waals surface area contributed by atoms with Gasteiger partial charge in [-0.05, 0) is 43.3 Å². The summed E-state index contributed by atoms with van der Waals surface area (Å²) >= 11 is 6.16. The average Bonchev–Trinajstić information content (AvgIpc) is 2.66. The summed E-state index contributed by atoms with van der Waals surface area (Å²) in [6.07, 6.45) is 0. The molecule has 0 aromatic heterocycles. The third kappa shape index (κ3) is 3.67. The Balaban J connectivity index is 1.70. The number of ether oxygens (including phenoxy) is 1. The highest BCUT2D eigenvalue weighted by molar-refractivity contribution is 7.90. The highest BCUT2D eigenvalue weighted by Crippen LogP contribution is 2.39. The van der Waals surface area contributed by atoms with Crippen molar-refractivity contribution in [1.29, 1.82) is 0 Å². The summed E-state index contributed by atoms with van der Waals surface area (Å²) in [6.45, 7) is 1.97. The van der Waals surface area contributed by atoms with E-state index in [-0.39, 0.29) is 10.9 Å². The van der Waals surface area contributed by atoms with Crippen LogP contribution in [0.5, 0.6) is 11.5 Å². The average molecular weight is 414 g/mol. The van der Waals surface area contributed by atoms with Crippen LogP contribution in [-0.4, -0.2) is 14.4 Å². The van der Waals surface area contributed by atoms with Gasteiger partial charge in [0.1, 0.15) is 16.3 Å². The summed E-state index contributed by atoms with van der Waals surface area (Å²) in [5, 5.41) is 6.42. The molecule has 0 fully saturated rings. The molecule has 0 saturated carbocycles. The molecule has 0 atom stereocenters. The number of hydrogen-bond donors (Lipinski definition) is 2. The summed E-state index contributed by atoms with van der Waals surface area (Å²) in [6, 6.07) is 19.2. The molecule has 0 spiro atoms. The number of para-hydroxylation sites is 2. The van der Waals surface area contributed by atoms with Gasteiger partial charge in [-0.2, -0.15) is 8.42 Å². The van der Waals surface area contributed by atoms with Gasteiger partial charge in [0.2, 0.25) is 5.96 Å². The topological polar surface area (TPSA) is 79.8 Å². The third-order valence-electron chi connectivity index (χ3n) is 4.09.